The molecule has 1 atom stereocenters. The highest BCUT2D eigenvalue weighted by molar-refractivity contribution is 5.80. The highest BCUT2D eigenvalue weighted by Crippen LogP contribution is 2.18. The van der Waals surface area contributed by atoms with Gasteiger partial charge in [0.05, 0.1) is 18.6 Å². The topological polar surface area (TPSA) is 144 Å². The molecule has 1 aromatic rings. The number of piperidine rings is 1. The van der Waals surface area contributed by atoms with Gasteiger partial charge in [-0.25, -0.2) is 5.06 Å². The van der Waals surface area contributed by atoms with Gasteiger partial charge >= 0.3 is 0 Å². The highest BCUT2D eigenvalue weighted by atomic mass is 16.5. The molecule has 0 aliphatic carbocycles. The monoisotopic (exact) mass is 423 g/mol. The number of carbonyl (C=O) groups excluding carboxylic acids is 2. The Morgan fingerprint density at radius 1 is 1.27 bits per heavy atom. The Labute approximate surface area is 176 Å². The summed E-state index contributed by atoms with van der Waals surface area (Å²) >= 11 is 0. The van der Waals surface area contributed by atoms with Crippen molar-refractivity contribution in [2.45, 2.75) is 64.9 Å². The number of rotatable bonds is 12. The van der Waals surface area contributed by atoms with Crippen molar-refractivity contribution in [3.63, 3.8) is 0 Å². The van der Waals surface area contributed by atoms with Crippen molar-refractivity contribution in [2.24, 2.45) is 5.92 Å². The molecule has 0 aromatic carbocycles. The maximum atomic E-state index is 12.6. The maximum absolute atomic E-state index is 12.6. The van der Waals surface area contributed by atoms with Crippen LogP contribution >= 0.6 is 0 Å². The molecule has 1 fully saturated rings. The first-order chi connectivity index (χ1) is 14.5. The van der Waals surface area contributed by atoms with Crippen molar-refractivity contribution < 1.29 is 19.9 Å². The second-order valence-corrected chi connectivity index (χ2v) is 7.48. The van der Waals surface area contributed by atoms with Gasteiger partial charge in [-0.3, -0.25) is 25.6 Å². The number of amides is 2. The third-order valence-electron chi connectivity index (χ3n) is 5.09. The summed E-state index contributed by atoms with van der Waals surface area (Å²) in [5.41, 5.74) is 5.33. The first kappa shape index (κ1) is 23.7. The SMILES string of the molecule is CCCCC[C@H](CN(O)C=O)C(=O)NNc1nc(CC)nc(N2CCC(O)CC2)n1. The van der Waals surface area contributed by atoms with Crippen LogP contribution in [0, 0.1) is 5.92 Å². The third-order valence-corrected chi connectivity index (χ3v) is 5.09. The lowest BCUT2D eigenvalue weighted by molar-refractivity contribution is -0.154. The van der Waals surface area contributed by atoms with E-state index in [0.29, 0.717) is 55.6 Å². The number of carbonyl (C=O) groups is 2. The highest BCUT2D eigenvalue weighted by Gasteiger charge is 2.22. The number of aromatic nitrogens is 3. The molecular formula is C19H33N7O4. The quantitative estimate of drug-likeness (QED) is 0.167. The van der Waals surface area contributed by atoms with Crippen LogP contribution in [-0.2, 0) is 16.0 Å². The molecule has 0 bridgehead atoms. The van der Waals surface area contributed by atoms with Gasteiger partial charge in [0.15, 0.2) is 0 Å². The van der Waals surface area contributed by atoms with E-state index in [2.05, 4.69) is 32.7 Å². The minimum absolute atomic E-state index is 0.0838. The minimum Gasteiger partial charge on any atom is -0.393 e. The number of aryl methyl sites for hydroxylation is 1. The lowest BCUT2D eigenvalue weighted by Gasteiger charge is -2.29. The molecule has 2 amide bonds. The van der Waals surface area contributed by atoms with E-state index in [4.69, 9.17) is 0 Å². The lowest BCUT2D eigenvalue weighted by atomic mass is 10.0. The Hall–Kier alpha value is -2.53. The van der Waals surface area contributed by atoms with Gasteiger partial charge in [-0.2, -0.15) is 15.0 Å². The predicted octanol–water partition coefficient (Wildman–Crippen LogP) is 0.882. The van der Waals surface area contributed by atoms with Gasteiger partial charge in [-0.05, 0) is 19.3 Å². The fraction of sp³-hybridized carbons (Fsp3) is 0.737. The first-order valence-corrected chi connectivity index (χ1v) is 10.6. The molecular weight excluding hydrogens is 390 g/mol. The maximum Gasteiger partial charge on any atom is 0.246 e. The standard InChI is InChI=1S/C19H33N7O4/c1-3-5-6-7-14(12-26(30)13-27)17(29)23-24-18-20-16(4-2)21-19(22-18)25-10-8-15(28)9-11-25/h13-15,28,30H,3-12H2,1-2H3,(H,23,29)(H,20,21,22,24)/t14-/m1/s1. The summed E-state index contributed by atoms with van der Waals surface area (Å²) in [6.07, 6.45) is 5.23. The van der Waals surface area contributed by atoms with E-state index < -0.39 is 5.92 Å². The number of anilines is 2. The summed E-state index contributed by atoms with van der Waals surface area (Å²) in [5, 5.41) is 19.7. The summed E-state index contributed by atoms with van der Waals surface area (Å²) in [6.45, 7) is 5.21. The van der Waals surface area contributed by atoms with Crippen molar-refractivity contribution in [3.8, 4) is 0 Å². The number of nitrogens with zero attached hydrogens (tertiary/aromatic N) is 5. The van der Waals surface area contributed by atoms with Crippen LogP contribution in [0.15, 0.2) is 0 Å². The Kier molecular flexibility index (Phi) is 9.68. The van der Waals surface area contributed by atoms with Crippen LogP contribution in [-0.4, -0.2) is 68.4 Å². The molecule has 4 N–H and O–H groups in total. The van der Waals surface area contributed by atoms with Crippen LogP contribution in [0.4, 0.5) is 11.9 Å². The molecule has 1 aliphatic rings. The first-order valence-electron chi connectivity index (χ1n) is 10.6. The van der Waals surface area contributed by atoms with E-state index in [9.17, 15) is 19.9 Å². The van der Waals surface area contributed by atoms with Gasteiger partial charge < -0.3 is 10.0 Å². The summed E-state index contributed by atoms with van der Waals surface area (Å²) < 4.78 is 0. The van der Waals surface area contributed by atoms with Crippen molar-refractivity contribution in [2.75, 3.05) is 30.0 Å². The fourth-order valence-corrected chi connectivity index (χ4v) is 3.26. The van der Waals surface area contributed by atoms with Crippen molar-refractivity contribution >= 4 is 24.2 Å². The van der Waals surface area contributed by atoms with E-state index in [1.54, 1.807) is 0 Å². The molecule has 0 spiro atoms. The Morgan fingerprint density at radius 3 is 2.63 bits per heavy atom. The molecule has 0 radical (unpaired) electrons. The molecule has 30 heavy (non-hydrogen) atoms. The number of unbranched alkanes of at least 4 members (excludes halogenated alkanes) is 2. The van der Waals surface area contributed by atoms with Gasteiger partial charge in [-0.1, -0.05) is 33.1 Å². The Morgan fingerprint density at radius 2 is 2.00 bits per heavy atom. The van der Waals surface area contributed by atoms with Crippen molar-refractivity contribution in [1.29, 1.82) is 0 Å². The largest absolute Gasteiger partial charge is 0.393 e. The number of nitrogens with one attached hydrogen (secondary N) is 2. The van der Waals surface area contributed by atoms with Crippen LogP contribution in [0.1, 0.15) is 58.2 Å². The molecule has 2 rings (SSSR count). The van der Waals surface area contributed by atoms with E-state index >= 15 is 0 Å². The molecule has 11 nitrogen and oxygen atoms in total. The summed E-state index contributed by atoms with van der Waals surface area (Å²) in [7, 11) is 0. The van der Waals surface area contributed by atoms with E-state index in [-0.39, 0.29) is 30.9 Å². The molecule has 0 saturated carbocycles. The molecule has 168 valence electrons. The smallest absolute Gasteiger partial charge is 0.246 e. The molecule has 2 heterocycles. The van der Waals surface area contributed by atoms with Crippen LogP contribution in [0.5, 0.6) is 0 Å². The second-order valence-electron chi connectivity index (χ2n) is 7.48. The van der Waals surface area contributed by atoms with Crippen LogP contribution < -0.4 is 15.8 Å². The van der Waals surface area contributed by atoms with Gasteiger partial charge in [0.2, 0.25) is 24.2 Å². The molecule has 1 aromatic heterocycles. The van der Waals surface area contributed by atoms with Crippen molar-refractivity contribution in [1.82, 2.24) is 25.4 Å². The van der Waals surface area contributed by atoms with Crippen LogP contribution in [0.2, 0.25) is 0 Å². The van der Waals surface area contributed by atoms with Crippen LogP contribution in [0.3, 0.4) is 0 Å². The number of hydrogen-bond acceptors (Lipinski definition) is 9. The number of aliphatic hydroxyl groups is 1. The zero-order valence-corrected chi connectivity index (χ0v) is 17.8. The number of hydroxylamine groups is 2. The van der Waals surface area contributed by atoms with E-state index in [1.807, 2.05) is 11.8 Å². The normalized spacial score (nSPS) is 15.5. The van der Waals surface area contributed by atoms with Crippen LogP contribution in [0.25, 0.3) is 0 Å². The summed E-state index contributed by atoms with van der Waals surface area (Å²) in [5.74, 6) is 0.403. The lowest BCUT2D eigenvalue weighted by Crippen LogP contribution is -2.41. The summed E-state index contributed by atoms with van der Waals surface area (Å²) in [6, 6.07) is 0. The zero-order valence-electron chi connectivity index (χ0n) is 17.8. The van der Waals surface area contributed by atoms with Gasteiger partial charge in [0.25, 0.3) is 0 Å². The third kappa shape index (κ3) is 7.38. The van der Waals surface area contributed by atoms with E-state index in [1.165, 1.54) is 0 Å². The predicted molar refractivity (Wildman–Crippen MR) is 111 cm³/mol. The number of hydrogen-bond donors (Lipinski definition) is 4. The van der Waals surface area contributed by atoms with Gasteiger partial charge in [-0.15, -0.1) is 0 Å². The molecule has 1 saturated heterocycles. The minimum atomic E-state index is -0.560. The van der Waals surface area contributed by atoms with E-state index in [0.717, 1.165) is 19.3 Å². The van der Waals surface area contributed by atoms with Crippen molar-refractivity contribution in [3.05, 3.63) is 5.82 Å². The average molecular weight is 424 g/mol. The average Bonchev–Trinajstić information content (AvgIpc) is 2.76. The fourth-order valence-electron chi connectivity index (χ4n) is 3.26. The summed E-state index contributed by atoms with van der Waals surface area (Å²) in [4.78, 5) is 38.5. The number of aliphatic hydroxyl groups excluding tert-OH is 1. The molecule has 0 unspecified atom stereocenters. The van der Waals surface area contributed by atoms with Gasteiger partial charge in [0, 0.05) is 19.5 Å². The zero-order chi connectivity index (χ0) is 21.9. The molecule has 1 aliphatic heterocycles. The molecule has 11 heteroatoms. The Balaban J connectivity index is 2.03. The second kappa shape index (κ2) is 12.2. The number of hydrazine groups is 1. The Bertz CT molecular complexity index is 683. The van der Waals surface area contributed by atoms with Gasteiger partial charge in [0.1, 0.15) is 5.82 Å².